The lowest BCUT2D eigenvalue weighted by molar-refractivity contribution is -0.115. The number of hydrogen-bond acceptors (Lipinski definition) is 2. The Labute approximate surface area is 108 Å². The van der Waals surface area contributed by atoms with Gasteiger partial charge >= 0.3 is 0 Å². The Balaban J connectivity index is 2.55. The molecule has 0 aliphatic carbocycles. The fourth-order valence-corrected chi connectivity index (χ4v) is 1.59. The molecule has 86 valence electrons. The van der Waals surface area contributed by atoms with E-state index in [0.717, 1.165) is 4.47 Å². The highest BCUT2D eigenvalue weighted by molar-refractivity contribution is 9.10. The summed E-state index contributed by atoms with van der Waals surface area (Å²) < 4.78 is 0.800. The van der Waals surface area contributed by atoms with Crippen molar-refractivity contribution in [2.45, 2.75) is 0 Å². The van der Waals surface area contributed by atoms with E-state index in [0.29, 0.717) is 17.3 Å². The number of rotatable bonds is 5. The highest BCUT2D eigenvalue weighted by Gasteiger charge is 2.05. The zero-order chi connectivity index (χ0) is 12.0. The minimum absolute atomic E-state index is 0.121. The molecule has 0 aliphatic rings. The van der Waals surface area contributed by atoms with Crippen LogP contribution >= 0.6 is 27.5 Å². The standard InChI is InChI=1S/C11H12BrClN2O/c1-2-5-14-7-11(16)15-10-6-8(13)3-4-9(10)12/h2-4,6,14H,1,5,7H2,(H,15,16). The smallest absolute Gasteiger partial charge is 0.238 e. The molecule has 16 heavy (non-hydrogen) atoms. The molecule has 1 aromatic rings. The summed E-state index contributed by atoms with van der Waals surface area (Å²) in [7, 11) is 0. The number of nitrogens with one attached hydrogen (secondary N) is 2. The first-order valence-corrected chi connectivity index (χ1v) is 5.87. The highest BCUT2D eigenvalue weighted by atomic mass is 79.9. The molecule has 0 radical (unpaired) electrons. The Morgan fingerprint density at radius 3 is 3.00 bits per heavy atom. The Bertz CT molecular complexity index is 396. The second-order valence-electron chi connectivity index (χ2n) is 3.09. The second-order valence-corrected chi connectivity index (χ2v) is 4.38. The Morgan fingerprint density at radius 2 is 2.31 bits per heavy atom. The van der Waals surface area contributed by atoms with Crippen LogP contribution in [-0.4, -0.2) is 19.0 Å². The minimum Gasteiger partial charge on any atom is -0.324 e. The maximum Gasteiger partial charge on any atom is 0.238 e. The number of carbonyl (C=O) groups is 1. The van der Waals surface area contributed by atoms with Crippen LogP contribution in [0.15, 0.2) is 35.3 Å². The Kier molecular flexibility index (Phi) is 5.52. The SMILES string of the molecule is C=CCNCC(=O)Nc1cc(Cl)ccc1Br. The van der Waals surface area contributed by atoms with Crippen molar-refractivity contribution in [1.29, 1.82) is 0 Å². The largest absolute Gasteiger partial charge is 0.324 e. The van der Waals surface area contributed by atoms with E-state index in [1.54, 1.807) is 24.3 Å². The van der Waals surface area contributed by atoms with E-state index >= 15 is 0 Å². The summed E-state index contributed by atoms with van der Waals surface area (Å²) in [6.45, 7) is 4.39. The topological polar surface area (TPSA) is 41.1 Å². The van der Waals surface area contributed by atoms with Crippen LogP contribution in [0.4, 0.5) is 5.69 Å². The van der Waals surface area contributed by atoms with Gasteiger partial charge in [-0.25, -0.2) is 0 Å². The molecule has 0 bridgehead atoms. The van der Waals surface area contributed by atoms with Gasteiger partial charge in [-0.2, -0.15) is 0 Å². The van der Waals surface area contributed by atoms with Gasteiger partial charge in [-0.05, 0) is 34.1 Å². The molecule has 1 amide bonds. The summed E-state index contributed by atoms with van der Waals surface area (Å²) in [4.78, 5) is 11.5. The van der Waals surface area contributed by atoms with Gasteiger partial charge in [0.05, 0.1) is 12.2 Å². The van der Waals surface area contributed by atoms with Crippen LogP contribution in [0.3, 0.4) is 0 Å². The van der Waals surface area contributed by atoms with Crippen LogP contribution in [0.5, 0.6) is 0 Å². The van der Waals surface area contributed by atoms with Gasteiger partial charge in [-0.3, -0.25) is 4.79 Å². The maximum absolute atomic E-state index is 11.5. The van der Waals surface area contributed by atoms with E-state index in [-0.39, 0.29) is 12.5 Å². The predicted octanol–water partition coefficient (Wildman–Crippen LogP) is 2.82. The molecule has 0 aliphatic heterocycles. The number of benzene rings is 1. The van der Waals surface area contributed by atoms with Crippen LogP contribution in [0.25, 0.3) is 0 Å². The van der Waals surface area contributed by atoms with Gasteiger partial charge < -0.3 is 10.6 Å². The number of amides is 1. The van der Waals surface area contributed by atoms with Crippen molar-refractivity contribution >= 4 is 39.1 Å². The molecule has 0 heterocycles. The van der Waals surface area contributed by atoms with Gasteiger partial charge in [0.15, 0.2) is 0 Å². The first-order chi connectivity index (χ1) is 7.63. The Morgan fingerprint density at radius 1 is 1.56 bits per heavy atom. The summed E-state index contributed by atoms with van der Waals surface area (Å²) in [5.74, 6) is -0.121. The summed E-state index contributed by atoms with van der Waals surface area (Å²) in [6.07, 6.45) is 1.70. The lowest BCUT2D eigenvalue weighted by Crippen LogP contribution is -2.28. The fourth-order valence-electron chi connectivity index (χ4n) is 1.08. The molecule has 0 unspecified atom stereocenters. The van der Waals surface area contributed by atoms with E-state index in [1.165, 1.54) is 0 Å². The van der Waals surface area contributed by atoms with E-state index < -0.39 is 0 Å². The van der Waals surface area contributed by atoms with Crippen molar-refractivity contribution in [2.75, 3.05) is 18.4 Å². The van der Waals surface area contributed by atoms with E-state index in [1.807, 2.05) is 0 Å². The van der Waals surface area contributed by atoms with Crippen molar-refractivity contribution in [3.63, 3.8) is 0 Å². The molecular weight excluding hydrogens is 291 g/mol. The van der Waals surface area contributed by atoms with Gasteiger partial charge in [-0.15, -0.1) is 6.58 Å². The zero-order valence-electron chi connectivity index (χ0n) is 8.59. The molecule has 0 atom stereocenters. The molecule has 2 N–H and O–H groups in total. The molecule has 1 aromatic carbocycles. The molecule has 5 heteroatoms. The van der Waals surface area contributed by atoms with Crippen LogP contribution < -0.4 is 10.6 Å². The molecule has 0 spiro atoms. The van der Waals surface area contributed by atoms with Crippen LogP contribution in [0.1, 0.15) is 0 Å². The van der Waals surface area contributed by atoms with Crippen molar-refractivity contribution < 1.29 is 4.79 Å². The third-order valence-corrected chi connectivity index (χ3v) is 2.70. The van der Waals surface area contributed by atoms with Gasteiger partial charge in [0, 0.05) is 16.0 Å². The first-order valence-electron chi connectivity index (χ1n) is 4.70. The Hall–Kier alpha value is -0.840. The number of hydrogen-bond donors (Lipinski definition) is 2. The second kappa shape index (κ2) is 6.68. The molecule has 0 saturated carbocycles. The van der Waals surface area contributed by atoms with E-state index in [9.17, 15) is 4.79 Å². The highest BCUT2D eigenvalue weighted by Crippen LogP contribution is 2.25. The quantitative estimate of drug-likeness (QED) is 0.649. The minimum atomic E-state index is -0.121. The van der Waals surface area contributed by atoms with Gasteiger partial charge in [0.2, 0.25) is 5.91 Å². The number of halogens is 2. The molecule has 1 rings (SSSR count). The monoisotopic (exact) mass is 302 g/mol. The van der Waals surface area contributed by atoms with Crippen LogP contribution in [-0.2, 0) is 4.79 Å². The van der Waals surface area contributed by atoms with Gasteiger partial charge in [0.1, 0.15) is 0 Å². The average molecular weight is 304 g/mol. The molecule has 0 aromatic heterocycles. The van der Waals surface area contributed by atoms with E-state index in [2.05, 4.69) is 33.1 Å². The number of anilines is 1. The van der Waals surface area contributed by atoms with Crippen LogP contribution in [0.2, 0.25) is 5.02 Å². The normalized spacial score (nSPS) is 9.88. The van der Waals surface area contributed by atoms with Crippen LogP contribution in [0, 0.1) is 0 Å². The van der Waals surface area contributed by atoms with Crippen molar-refractivity contribution in [3.8, 4) is 0 Å². The molecular formula is C11H12BrClN2O. The fraction of sp³-hybridized carbons (Fsp3) is 0.182. The molecule has 0 saturated heterocycles. The summed E-state index contributed by atoms with van der Waals surface area (Å²) in [5.41, 5.74) is 0.665. The molecule has 3 nitrogen and oxygen atoms in total. The third-order valence-electron chi connectivity index (χ3n) is 1.78. The third kappa shape index (κ3) is 4.35. The average Bonchev–Trinajstić information content (AvgIpc) is 2.24. The van der Waals surface area contributed by atoms with Crippen molar-refractivity contribution in [1.82, 2.24) is 5.32 Å². The predicted molar refractivity (Wildman–Crippen MR) is 70.8 cm³/mol. The van der Waals surface area contributed by atoms with Gasteiger partial charge in [-0.1, -0.05) is 17.7 Å². The summed E-state index contributed by atoms with van der Waals surface area (Å²) >= 11 is 9.16. The van der Waals surface area contributed by atoms with Crippen molar-refractivity contribution in [3.05, 3.63) is 40.3 Å². The van der Waals surface area contributed by atoms with E-state index in [4.69, 9.17) is 11.6 Å². The maximum atomic E-state index is 11.5. The summed E-state index contributed by atoms with van der Waals surface area (Å²) in [6, 6.07) is 5.23. The first kappa shape index (κ1) is 13.2. The zero-order valence-corrected chi connectivity index (χ0v) is 10.9. The number of carbonyl (C=O) groups excluding carboxylic acids is 1. The van der Waals surface area contributed by atoms with Crippen molar-refractivity contribution in [2.24, 2.45) is 0 Å². The summed E-state index contributed by atoms with van der Waals surface area (Å²) in [5, 5.41) is 6.23. The molecule has 0 fully saturated rings. The van der Waals surface area contributed by atoms with Gasteiger partial charge in [0.25, 0.3) is 0 Å². The lowest BCUT2D eigenvalue weighted by Gasteiger charge is -2.07. The lowest BCUT2D eigenvalue weighted by atomic mass is 10.3.